The first-order valence-electron chi connectivity index (χ1n) is 7.12. The summed E-state index contributed by atoms with van der Waals surface area (Å²) in [5.74, 6) is 0.281. The number of ether oxygens (including phenoxy) is 1. The zero-order valence-electron chi connectivity index (χ0n) is 12.2. The fraction of sp³-hybridized carbons (Fsp3) is 0.562. The first-order chi connectivity index (χ1) is 9.53. The predicted octanol–water partition coefficient (Wildman–Crippen LogP) is 2.81. The number of likely N-dealkylation sites (tertiary alicyclic amines) is 1. The van der Waals surface area contributed by atoms with Gasteiger partial charge in [0, 0.05) is 18.7 Å². The molecule has 2 rings (SSSR count). The van der Waals surface area contributed by atoms with Crippen LogP contribution < -0.4 is 0 Å². The van der Waals surface area contributed by atoms with Gasteiger partial charge in [-0.3, -0.25) is 0 Å². The van der Waals surface area contributed by atoms with Crippen LogP contribution in [-0.4, -0.2) is 34.8 Å². The maximum atomic E-state index is 12.2. The lowest BCUT2D eigenvalue weighted by atomic mass is 9.83. The number of amides is 1. The van der Waals surface area contributed by atoms with Gasteiger partial charge < -0.3 is 14.7 Å². The Balaban J connectivity index is 1.92. The van der Waals surface area contributed by atoms with E-state index in [2.05, 4.69) is 0 Å². The predicted molar refractivity (Wildman–Crippen MR) is 77.2 cm³/mol. The summed E-state index contributed by atoms with van der Waals surface area (Å²) >= 11 is 0. The Bertz CT molecular complexity index is 444. The Morgan fingerprint density at radius 1 is 1.40 bits per heavy atom. The highest BCUT2D eigenvalue weighted by atomic mass is 16.6. The minimum absolute atomic E-state index is 0.191. The van der Waals surface area contributed by atoms with E-state index in [9.17, 15) is 9.90 Å². The minimum atomic E-state index is -0.268. The first kappa shape index (κ1) is 14.9. The van der Waals surface area contributed by atoms with Crippen molar-refractivity contribution in [2.24, 2.45) is 5.92 Å². The van der Waals surface area contributed by atoms with E-state index in [0.29, 0.717) is 13.2 Å². The van der Waals surface area contributed by atoms with Gasteiger partial charge in [-0.2, -0.15) is 0 Å². The van der Waals surface area contributed by atoms with Crippen molar-refractivity contribution in [3.63, 3.8) is 0 Å². The molecular formula is C16H23NO3. The molecule has 1 aromatic rings. The Hall–Kier alpha value is -1.55. The van der Waals surface area contributed by atoms with Crippen LogP contribution in [0.2, 0.25) is 0 Å². The normalized spacial score (nSPS) is 21.6. The van der Waals surface area contributed by atoms with E-state index in [4.69, 9.17) is 4.74 Å². The number of carbonyl (C=O) groups is 1. The molecule has 20 heavy (non-hydrogen) atoms. The average Bonchev–Trinajstić information content (AvgIpc) is 2.44. The lowest BCUT2D eigenvalue weighted by Crippen LogP contribution is -2.53. The molecule has 0 saturated carbocycles. The van der Waals surface area contributed by atoms with Crippen LogP contribution in [0.25, 0.3) is 0 Å². The topological polar surface area (TPSA) is 49.8 Å². The second-order valence-corrected chi connectivity index (χ2v) is 6.05. The monoisotopic (exact) mass is 277 g/mol. The molecule has 1 aromatic carbocycles. The highest BCUT2D eigenvalue weighted by Gasteiger charge is 2.38. The van der Waals surface area contributed by atoms with Gasteiger partial charge in [0.2, 0.25) is 0 Å². The van der Waals surface area contributed by atoms with Gasteiger partial charge in [-0.1, -0.05) is 30.3 Å². The molecule has 0 spiro atoms. The Labute approximate surface area is 120 Å². The molecule has 1 saturated heterocycles. The molecule has 1 unspecified atom stereocenters. The number of piperidine rings is 1. The van der Waals surface area contributed by atoms with Crippen LogP contribution in [0.15, 0.2) is 30.3 Å². The molecule has 1 fully saturated rings. The molecular weight excluding hydrogens is 254 g/mol. The van der Waals surface area contributed by atoms with Crippen molar-refractivity contribution in [3.05, 3.63) is 35.9 Å². The van der Waals surface area contributed by atoms with Gasteiger partial charge in [0.15, 0.2) is 0 Å². The lowest BCUT2D eigenvalue weighted by molar-refractivity contribution is 0.0136. The summed E-state index contributed by atoms with van der Waals surface area (Å²) in [7, 11) is 0. The molecule has 0 radical (unpaired) electrons. The van der Waals surface area contributed by atoms with Crippen LogP contribution in [0.4, 0.5) is 4.79 Å². The van der Waals surface area contributed by atoms with Crippen LogP contribution in [0.3, 0.4) is 0 Å². The Morgan fingerprint density at radius 2 is 2.10 bits per heavy atom. The number of benzene rings is 1. The van der Waals surface area contributed by atoms with Crippen LogP contribution in [0.1, 0.15) is 32.3 Å². The van der Waals surface area contributed by atoms with E-state index in [0.717, 1.165) is 18.4 Å². The zero-order chi connectivity index (χ0) is 14.6. The van der Waals surface area contributed by atoms with Crippen molar-refractivity contribution in [1.82, 2.24) is 4.90 Å². The van der Waals surface area contributed by atoms with Gasteiger partial charge in [0.25, 0.3) is 0 Å². The van der Waals surface area contributed by atoms with E-state index in [1.54, 1.807) is 4.90 Å². The van der Waals surface area contributed by atoms with Crippen molar-refractivity contribution >= 4 is 6.09 Å². The van der Waals surface area contributed by atoms with E-state index in [1.165, 1.54) is 0 Å². The van der Waals surface area contributed by atoms with Crippen molar-refractivity contribution in [3.8, 4) is 0 Å². The molecule has 4 nitrogen and oxygen atoms in total. The Morgan fingerprint density at radius 3 is 2.70 bits per heavy atom. The van der Waals surface area contributed by atoms with E-state index < -0.39 is 0 Å². The summed E-state index contributed by atoms with van der Waals surface area (Å²) < 4.78 is 5.40. The Kier molecular flexibility index (Phi) is 4.65. The highest BCUT2D eigenvalue weighted by Crippen LogP contribution is 2.31. The van der Waals surface area contributed by atoms with Crippen molar-refractivity contribution in [1.29, 1.82) is 0 Å². The van der Waals surface area contributed by atoms with Gasteiger partial charge in [-0.05, 0) is 38.2 Å². The molecule has 110 valence electrons. The van der Waals surface area contributed by atoms with Crippen LogP contribution in [0.5, 0.6) is 0 Å². The number of aliphatic hydroxyl groups is 1. The van der Waals surface area contributed by atoms with Gasteiger partial charge >= 0.3 is 6.09 Å². The maximum Gasteiger partial charge on any atom is 0.410 e. The van der Waals surface area contributed by atoms with E-state index in [-0.39, 0.29) is 24.2 Å². The van der Waals surface area contributed by atoms with Crippen molar-refractivity contribution in [2.45, 2.75) is 38.8 Å². The maximum absolute atomic E-state index is 12.2. The summed E-state index contributed by atoms with van der Waals surface area (Å²) in [4.78, 5) is 14.0. The summed E-state index contributed by atoms with van der Waals surface area (Å²) in [5.41, 5.74) is 0.725. The minimum Gasteiger partial charge on any atom is -0.445 e. The smallest absolute Gasteiger partial charge is 0.410 e. The summed E-state index contributed by atoms with van der Waals surface area (Å²) in [6.07, 6.45) is 1.37. The SMILES string of the molecule is CC1(C)CC(CO)CCN1C(=O)OCc1ccccc1. The quantitative estimate of drug-likeness (QED) is 0.924. The molecule has 1 amide bonds. The summed E-state index contributed by atoms with van der Waals surface area (Å²) in [6.45, 7) is 5.19. The second-order valence-electron chi connectivity index (χ2n) is 6.05. The number of nitrogens with zero attached hydrogens (tertiary/aromatic N) is 1. The number of hydrogen-bond donors (Lipinski definition) is 1. The van der Waals surface area contributed by atoms with Gasteiger partial charge in [0.1, 0.15) is 6.61 Å². The molecule has 1 aliphatic rings. The zero-order valence-corrected chi connectivity index (χ0v) is 12.2. The molecule has 1 N–H and O–H groups in total. The van der Waals surface area contributed by atoms with Crippen LogP contribution >= 0.6 is 0 Å². The number of aliphatic hydroxyl groups excluding tert-OH is 1. The second kappa shape index (κ2) is 6.27. The standard InChI is InChI=1S/C16H23NO3/c1-16(2)10-14(11-18)8-9-17(16)15(19)20-12-13-6-4-3-5-7-13/h3-7,14,18H,8-12H2,1-2H3. The largest absolute Gasteiger partial charge is 0.445 e. The average molecular weight is 277 g/mol. The van der Waals surface area contributed by atoms with Crippen LogP contribution in [-0.2, 0) is 11.3 Å². The highest BCUT2D eigenvalue weighted by molar-refractivity contribution is 5.68. The number of rotatable bonds is 3. The third-order valence-corrected chi connectivity index (χ3v) is 3.96. The van der Waals surface area contributed by atoms with Crippen molar-refractivity contribution in [2.75, 3.05) is 13.2 Å². The third kappa shape index (κ3) is 3.51. The van der Waals surface area contributed by atoms with Gasteiger partial charge in [-0.25, -0.2) is 4.79 Å². The molecule has 1 atom stereocenters. The van der Waals surface area contributed by atoms with Crippen LogP contribution in [0, 0.1) is 5.92 Å². The van der Waals surface area contributed by atoms with Gasteiger partial charge in [-0.15, -0.1) is 0 Å². The summed E-state index contributed by atoms with van der Waals surface area (Å²) in [6, 6.07) is 9.68. The fourth-order valence-electron chi connectivity index (χ4n) is 2.82. The molecule has 4 heteroatoms. The lowest BCUT2D eigenvalue weighted by Gasteiger charge is -2.44. The molecule has 0 aliphatic carbocycles. The number of carbonyl (C=O) groups excluding carboxylic acids is 1. The summed E-state index contributed by atoms with van der Waals surface area (Å²) in [5, 5.41) is 9.27. The molecule has 1 aliphatic heterocycles. The first-order valence-corrected chi connectivity index (χ1v) is 7.12. The fourth-order valence-corrected chi connectivity index (χ4v) is 2.82. The van der Waals surface area contributed by atoms with Crippen molar-refractivity contribution < 1.29 is 14.6 Å². The third-order valence-electron chi connectivity index (χ3n) is 3.96. The molecule has 0 bridgehead atoms. The molecule has 0 aromatic heterocycles. The molecule has 1 heterocycles. The number of hydrogen-bond acceptors (Lipinski definition) is 3. The van der Waals surface area contributed by atoms with E-state index in [1.807, 2.05) is 44.2 Å². The van der Waals surface area contributed by atoms with E-state index >= 15 is 0 Å². The van der Waals surface area contributed by atoms with Gasteiger partial charge in [0.05, 0.1) is 0 Å².